The van der Waals surface area contributed by atoms with Gasteiger partial charge in [0.25, 0.3) is 11.5 Å². The molecule has 0 radical (unpaired) electrons. The molecule has 30 heavy (non-hydrogen) atoms. The molecule has 0 fully saturated rings. The van der Waals surface area contributed by atoms with Crippen molar-refractivity contribution in [3.8, 4) is 11.4 Å². The highest BCUT2D eigenvalue weighted by atomic mass is 35.5. The highest BCUT2D eigenvalue weighted by Gasteiger charge is 2.10. The van der Waals surface area contributed by atoms with Crippen LogP contribution in [0.5, 0.6) is 0 Å². The van der Waals surface area contributed by atoms with Crippen LogP contribution in [0.25, 0.3) is 11.4 Å². The fourth-order valence-electron chi connectivity index (χ4n) is 2.84. The molecule has 0 aliphatic rings. The van der Waals surface area contributed by atoms with Crippen LogP contribution < -0.4 is 16.6 Å². The summed E-state index contributed by atoms with van der Waals surface area (Å²) in [5, 5.41) is 2.81. The van der Waals surface area contributed by atoms with E-state index in [1.807, 2.05) is 22.9 Å². The molecule has 1 aromatic carbocycles. The van der Waals surface area contributed by atoms with Crippen LogP contribution in [0.3, 0.4) is 0 Å². The maximum absolute atomic E-state index is 12.2. The summed E-state index contributed by atoms with van der Waals surface area (Å²) in [5.74, 6) is -0.200. The maximum Gasteiger partial charge on any atom is 0.335 e. The molecule has 0 saturated heterocycles. The minimum Gasteiger partial charge on any atom is -0.346 e. The summed E-state index contributed by atoms with van der Waals surface area (Å²) in [4.78, 5) is 40.8. The summed E-state index contributed by atoms with van der Waals surface area (Å²) in [6, 6.07) is 11.9. The molecule has 3 aromatic heterocycles. The molecule has 0 saturated carbocycles. The molecule has 152 valence electrons. The van der Waals surface area contributed by atoms with Gasteiger partial charge in [-0.1, -0.05) is 11.6 Å². The molecule has 0 atom stereocenters. The van der Waals surface area contributed by atoms with Crippen LogP contribution >= 0.6 is 22.9 Å². The molecule has 0 aliphatic heterocycles. The van der Waals surface area contributed by atoms with Crippen molar-refractivity contribution in [1.82, 2.24) is 24.0 Å². The molecule has 1 N–H and O–H groups in total. The minimum absolute atomic E-state index is 0.200. The van der Waals surface area contributed by atoms with Gasteiger partial charge < -0.3 is 9.88 Å². The molecule has 1 amide bonds. The topological polar surface area (TPSA) is 90.9 Å². The Kier molecular flexibility index (Phi) is 5.39. The highest BCUT2D eigenvalue weighted by molar-refractivity contribution is 7.17. The van der Waals surface area contributed by atoms with Crippen LogP contribution in [0, 0.1) is 0 Å². The van der Waals surface area contributed by atoms with Crippen molar-refractivity contribution in [2.45, 2.75) is 6.54 Å². The Morgan fingerprint density at radius 3 is 2.53 bits per heavy atom. The second kappa shape index (κ2) is 8.13. The number of nitrogens with zero attached hydrogens (tertiary/aromatic N) is 4. The number of benzene rings is 1. The number of nitrogens with one attached hydrogen (secondary N) is 1. The first kappa shape index (κ1) is 19.9. The molecule has 0 unspecified atom stereocenters. The lowest BCUT2D eigenvalue weighted by molar-refractivity contribution is 0.0954. The van der Waals surface area contributed by atoms with Gasteiger partial charge in [-0.15, -0.1) is 11.3 Å². The second-order valence-corrected chi connectivity index (χ2v) is 8.16. The number of carbonyl (C=O) groups is 1. The molecule has 4 rings (SSSR count). The monoisotopic (exact) mass is 441 g/mol. The van der Waals surface area contributed by atoms with Crippen LogP contribution in [-0.2, 0) is 13.6 Å². The summed E-state index contributed by atoms with van der Waals surface area (Å²) in [7, 11) is 1.44. The van der Waals surface area contributed by atoms with E-state index in [4.69, 9.17) is 11.6 Å². The number of hydrogen-bond donors (Lipinski definition) is 1. The second-order valence-electron chi connectivity index (χ2n) is 6.44. The van der Waals surface area contributed by atoms with Gasteiger partial charge in [0.05, 0.1) is 33.5 Å². The van der Waals surface area contributed by atoms with Gasteiger partial charge in [0.15, 0.2) is 0 Å². The first-order chi connectivity index (χ1) is 14.4. The molecule has 10 heteroatoms. The number of imidazole rings is 1. The molecule has 0 spiro atoms. The maximum atomic E-state index is 12.2. The van der Waals surface area contributed by atoms with E-state index in [2.05, 4.69) is 10.3 Å². The zero-order chi connectivity index (χ0) is 21.3. The lowest BCUT2D eigenvalue weighted by Crippen LogP contribution is -2.36. The molecular formula is C20H16ClN5O3S. The summed E-state index contributed by atoms with van der Waals surface area (Å²) >= 11 is 7.08. The zero-order valence-corrected chi connectivity index (χ0v) is 17.4. The highest BCUT2D eigenvalue weighted by Crippen LogP contribution is 2.21. The van der Waals surface area contributed by atoms with Crippen molar-refractivity contribution >= 4 is 28.8 Å². The third-order valence-electron chi connectivity index (χ3n) is 4.48. The fraction of sp³-hybridized carbons (Fsp3) is 0.100. The molecule has 0 aliphatic carbocycles. The molecular weight excluding hydrogens is 426 g/mol. The lowest BCUT2D eigenvalue weighted by Gasteiger charge is -2.08. The molecule has 4 aromatic rings. The van der Waals surface area contributed by atoms with Gasteiger partial charge in [0.1, 0.15) is 0 Å². The quantitative estimate of drug-likeness (QED) is 0.514. The minimum atomic E-state index is -0.414. The van der Waals surface area contributed by atoms with Crippen molar-refractivity contribution in [3.05, 3.63) is 96.9 Å². The Morgan fingerprint density at radius 2 is 1.83 bits per heavy atom. The Balaban J connectivity index is 1.47. The summed E-state index contributed by atoms with van der Waals surface area (Å²) < 4.78 is 4.83. The van der Waals surface area contributed by atoms with E-state index in [1.54, 1.807) is 30.6 Å². The number of halogens is 1. The van der Waals surface area contributed by atoms with Gasteiger partial charge in [0.2, 0.25) is 0 Å². The Hall–Kier alpha value is -3.43. The average molecular weight is 442 g/mol. The van der Waals surface area contributed by atoms with Crippen molar-refractivity contribution in [2.75, 3.05) is 0 Å². The first-order valence-corrected chi connectivity index (χ1v) is 10.1. The van der Waals surface area contributed by atoms with Gasteiger partial charge in [-0.3, -0.25) is 18.7 Å². The molecule has 8 nitrogen and oxygen atoms in total. The fourth-order valence-corrected chi connectivity index (χ4v) is 3.80. The van der Waals surface area contributed by atoms with Gasteiger partial charge in [-0.05, 0) is 36.4 Å². The summed E-state index contributed by atoms with van der Waals surface area (Å²) in [6.45, 7) is 0.285. The van der Waals surface area contributed by atoms with E-state index in [0.29, 0.717) is 20.6 Å². The van der Waals surface area contributed by atoms with Crippen molar-refractivity contribution < 1.29 is 4.79 Å². The zero-order valence-electron chi connectivity index (χ0n) is 15.8. The molecule has 3 heterocycles. The SMILES string of the molecule is Cn1c(=O)ccn(-c2ccc(-n3cnc(CNC(=O)c4ccc(Cl)s4)c3)cc2)c1=O. The van der Waals surface area contributed by atoms with Crippen LogP contribution in [-0.4, -0.2) is 24.6 Å². The Labute approximate surface area is 179 Å². The third kappa shape index (κ3) is 3.98. The van der Waals surface area contributed by atoms with Crippen LogP contribution in [0.4, 0.5) is 0 Å². The standard InChI is InChI=1S/C20H16ClN5O3S/c1-24-18(27)8-9-26(20(24)29)15-4-2-14(3-5-15)25-11-13(23-12-25)10-22-19(28)16-6-7-17(21)30-16/h2-9,11-12H,10H2,1H3,(H,22,28). The Bertz CT molecular complexity index is 1330. The van der Waals surface area contributed by atoms with Crippen LogP contribution in [0.15, 0.2) is 70.8 Å². The van der Waals surface area contributed by atoms with E-state index in [1.165, 1.54) is 35.2 Å². The number of thiophene rings is 1. The van der Waals surface area contributed by atoms with Crippen molar-refractivity contribution in [1.29, 1.82) is 0 Å². The van der Waals surface area contributed by atoms with Crippen LogP contribution in [0.2, 0.25) is 4.34 Å². The number of carbonyl (C=O) groups excluding carboxylic acids is 1. The predicted octanol–water partition coefficient (Wildman–Crippen LogP) is 2.37. The average Bonchev–Trinajstić information content (AvgIpc) is 3.40. The first-order valence-electron chi connectivity index (χ1n) is 8.88. The van der Waals surface area contributed by atoms with Gasteiger partial charge in [-0.25, -0.2) is 9.78 Å². The van der Waals surface area contributed by atoms with E-state index < -0.39 is 5.69 Å². The number of hydrogen-bond acceptors (Lipinski definition) is 5. The van der Waals surface area contributed by atoms with E-state index in [0.717, 1.165) is 10.3 Å². The van der Waals surface area contributed by atoms with Crippen molar-refractivity contribution in [2.24, 2.45) is 7.05 Å². The number of amides is 1. The molecule has 0 bridgehead atoms. The van der Waals surface area contributed by atoms with Gasteiger partial charge in [-0.2, -0.15) is 0 Å². The van der Waals surface area contributed by atoms with Crippen molar-refractivity contribution in [3.63, 3.8) is 0 Å². The van der Waals surface area contributed by atoms with Crippen LogP contribution in [0.1, 0.15) is 15.4 Å². The van der Waals surface area contributed by atoms with E-state index >= 15 is 0 Å². The van der Waals surface area contributed by atoms with Gasteiger partial charge in [0, 0.05) is 31.2 Å². The smallest absolute Gasteiger partial charge is 0.335 e. The number of rotatable bonds is 5. The van der Waals surface area contributed by atoms with E-state index in [9.17, 15) is 14.4 Å². The van der Waals surface area contributed by atoms with E-state index in [-0.39, 0.29) is 18.0 Å². The van der Waals surface area contributed by atoms with Gasteiger partial charge >= 0.3 is 5.69 Å². The largest absolute Gasteiger partial charge is 0.346 e. The number of aromatic nitrogens is 4. The summed E-state index contributed by atoms with van der Waals surface area (Å²) in [5.41, 5.74) is 1.41. The summed E-state index contributed by atoms with van der Waals surface area (Å²) in [6.07, 6.45) is 4.92. The normalized spacial score (nSPS) is 10.9. The lowest BCUT2D eigenvalue weighted by atomic mass is 10.2. The third-order valence-corrected chi connectivity index (χ3v) is 5.71. The predicted molar refractivity (Wildman–Crippen MR) is 115 cm³/mol. The Morgan fingerprint density at radius 1 is 1.10 bits per heavy atom.